The minimum absolute atomic E-state index is 0.170. The van der Waals surface area contributed by atoms with Gasteiger partial charge in [-0.15, -0.1) is 0 Å². The highest BCUT2D eigenvalue weighted by molar-refractivity contribution is 7.80. The second kappa shape index (κ2) is 4.14. The molecule has 0 atom stereocenters. The van der Waals surface area contributed by atoms with Crippen molar-refractivity contribution in [2.45, 2.75) is 25.4 Å². The van der Waals surface area contributed by atoms with Crippen LogP contribution in [0.4, 0.5) is 4.39 Å². The van der Waals surface area contributed by atoms with Crippen molar-refractivity contribution in [1.29, 1.82) is 0 Å². The molecule has 1 aliphatic carbocycles. The molecule has 0 spiro atoms. The molecule has 0 aromatic heterocycles. The lowest BCUT2D eigenvalue weighted by Crippen LogP contribution is -2.26. The molecular weight excluding hydrogens is 213 g/mol. The standard InChI is InChI=1S/C11H12FNOS/c12-7-4-5-10(9(6-7)11(13)15)14-8-2-1-3-8/h4-6,8H,1-3H2,(H2,13,15). The molecule has 0 radical (unpaired) electrons. The van der Waals surface area contributed by atoms with Crippen LogP contribution in [0.2, 0.25) is 0 Å². The molecule has 2 rings (SSSR count). The Balaban J connectivity index is 2.23. The third-order valence-corrected chi connectivity index (χ3v) is 2.77. The van der Waals surface area contributed by atoms with Gasteiger partial charge in [-0.2, -0.15) is 0 Å². The van der Waals surface area contributed by atoms with E-state index in [4.69, 9.17) is 22.7 Å². The van der Waals surface area contributed by atoms with Crippen LogP contribution in [0.3, 0.4) is 0 Å². The van der Waals surface area contributed by atoms with Crippen LogP contribution in [0.15, 0.2) is 18.2 Å². The molecule has 0 amide bonds. The topological polar surface area (TPSA) is 35.2 Å². The molecule has 1 fully saturated rings. The number of nitrogens with two attached hydrogens (primary N) is 1. The van der Waals surface area contributed by atoms with Crippen LogP contribution in [0, 0.1) is 5.82 Å². The zero-order valence-corrected chi connectivity index (χ0v) is 9.02. The van der Waals surface area contributed by atoms with Crippen LogP contribution >= 0.6 is 12.2 Å². The van der Waals surface area contributed by atoms with Crippen molar-refractivity contribution in [1.82, 2.24) is 0 Å². The number of hydrogen-bond donors (Lipinski definition) is 1. The lowest BCUT2D eigenvalue weighted by atomic mass is 9.96. The Hall–Kier alpha value is -1.16. The molecule has 4 heteroatoms. The summed E-state index contributed by atoms with van der Waals surface area (Å²) in [5, 5.41) is 0. The van der Waals surface area contributed by atoms with Crippen molar-refractivity contribution in [3.05, 3.63) is 29.6 Å². The van der Waals surface area contributed by atoms with Crippen LogP contribution in [-0.2, 0) is 0 Å². The van der Waals surface area contributed by atoms with E-state index in [0.29, 0.717) is 11.3 Å². The Labute approximate surface area is 93.2 Å². The smallest absolute Gasteiger partial charge is 0.130 e. The van der Waals surface area contributed by atoms with Gasteiger partial charge in [-0.25, -0.2) is 4.39 Å². The van der Waals surface area contributed by atoms with Crippen LogP contribution in [0.5, 0.6) is 5.75 Å². The summed E-state index contributed by atoms with van der Waals surface area (Å²) in [4.78, 5) is 0.170. The van der Waals surface area contributed by atoms with E-state index in [9.17, 15) is 4.39 Å². The molecule has 0 saturated heterocycles. The normalized spacial score (nSPS) is 15.8. The van der Waals surface area contributed by atoms with Crippen LogP contribution in [-0.4, -0.2) is 11.1 Å². The predicted molar refractivity (Wildman–Crippen MR) is 60.6 cm³/mol. The number of thiocarbonyl (C=S) groups is 1. The molecule has 0 heterocycles. The number of benzene rings is 1. The van der Waals surface area contributed by atoms with Gasteiger partial charge in [0.15, 0.2) is 0 Å². The summed E-state index contributed by atoms with van der Waals surface area (Å²) in [5.74, 6) is 0.243. The Bertz CT molecular complexity index is 390. The maximum Gasteiger partial charge on any atom is 0.130 e. The van der Waals surface area contributed by atoms with Crippen molar-refractivity contribution in [2.24, 2.45) is 5.73 Å². The second-order valence-electron chi connectivity index (χ2n) is 3.68. The molecule has 1 saturated carbocycles. The molecule has 1 aromatic rings. The summed E-state index contributed by atoms with van der Waals surface area (Å²) in [6.45, 7) is 0. The van der Waals surface area contributed by atoms with E-state index < -0.39 is 0 Å². The average molecular weight is 225 g/mol. The quantitative estimate of drug-likeness (QED) is 0.802. The summed E-state index contributed by atoms with van der Waals surface area (Å²) in [6.07, 6.45) is 3.53. The van der Waals surface area contributed by atoms with Crippen molar-refractivity contribution >= 4 is 17.2 Å². The third-order valence-electron chi connectivity index (χ3n) is 2.55. The summed E-state index contributed by atoms with van der Waals surface area (Å²) in [6, 6.07) is 4.26. The molecule has 0 aliphatic heterocycles. The fourth-order valence-corrected chi connectivity index (χ4v) is 1.63. The minimum atomic E-state index is -0.348. The molecule has 1 aliphatic rings. The van der Waals surface area contributed by atoms with Gasteiger partial charge in [0.2, 0.25) is 0 Å². The summed E-state index contributed by atoms with van der Waals surface area (Å²) in [7, 11) is 0. The molecule has 15 heavy (non-hydrogen) atoms. The number of ether oxygens (including phenoxy) is 1. The maximum absolute atomic E-state index is 13.0. The summed E-state index contributed by atoms with van der Waals surface area (Å²) in [5.41, 5.74) is 5.99. The first-order valence-electron chi connectivity index (χ1n) is 4.93. The van der Waals surface area contributed by atoms with Gasteiger partial charge in [0.05, 0.1) is 11.7 Å². The highest BCUT2D eigenvalue weighted by Crippen LogP contribution is 2.28. The zero-order chi connectivity index (χ0) is 10.8. The van der Waals surface area contributed by atoms with E-state index in [0.717, 1.165) is 12.8 Å². The predicted octanol–water partition coefficient (Wildman–Crippen LogP) is 2.39. The van der Waals surface area contributed by atoms with Crippen molar-refractivity contribution in [3.8, 4) is 5.75 Å². The van der Waals surface area contributed by atoms with E-state index in [2.05, 4.69) is 0 Å². The van der Waals surface area contributed by atoms with Crippen LogP contribution < -0.4 is 10.5 Å². The van der Waals surface area contributed by atoms with Gasteiger partial charge in [-0.1, -0.05) is 12.2 Å². The van der Waals surface area contributed by atoms with E-state index in [1.54, 1.807) is 6.07 Å². The third kappa shape index (κ3) is 2.26. The van der Waals surface area contributed by atoms with Gasteiger partial charge in [-0.3, -0.25) is 0 Å². The maximum atomic E-state index is 13.0. The zero-order valence-electron chi connectivity index (χ0n) is 8.20. The summed E-state index contributed by atoms with van der Waals surface area (Å²) < 4.78 is 18.6. The monoisotopic (exact) mass is 225 g/mol. The van der Waals surface area contributed by atoms with E-state index in [1.807, 2.05) is 0 Å². The van der Waals surface area contributed by atoms with Gasteiger partial charge >= 0.3 is 0 Å². The van der Waals surface area contributed by atoms with Gasteiger partial charge < -0.3 is 10.5 Å². The molecule has 0 unspecified atom stereocenters. The number of halogens is 1. The van der Waals surface area contributed by atoms with E-state index >= 15 is 0 Å². The molecular formula is C11H12FNOS. The minimum Gasteiger partial charge on any atom is -0.490 e. The Morgan fingerprint density at radius 1 is 1.47 bits per heavy atom. The number of hydrogen-bond acceptors (Lipinski definition) is 2. The Morgan fingerprint density at radius 2 is 2.20 bits per heavy atom. The molecule has 1 aromatic carbocycles. The first-order valence-corrected chi connectivity index (χ1v) is 5.33. The summed E-state index contributed by atoms with van der Waals surface area (Å²) >= 11 is 4.85. The van der Waals surface area contributed by atoms with Crippen LogP contribution in [0.1, 0.15) is 24.8 Å². The van der Waals surface area contributed by atoms with Crippen molar-refractivity contribution in [2.75, 3.05) is 0 Å². The molecule has 2 N–H and O–H groups in total. The molecule has 2 nitrogen and oxygen atoms in total. The SMILES string of the molecule is NC(=S)c1cc(F)ccc1OC1CCC1. The highest BCUT2D eigenvalue weighted by Gasteiger charge is 2.20. The molecule has 0 bridgehead atoms. The van der Waals surface area contributed by atoms with E-state index in [-0.39, 0.29) is 16.9 Å². The van der Waals surface area contributed by atoms with Crippen LogP contribution in [0.25, 0.3) is 0 Å². The largest absolute Gasteiger partial charge is 0.490 e. The van der Waals surface area contributed by atoms with Gasteiger partial charge in [0.1, 0.15) is 16.6 Å². The second-order valence-corrected chi connectivity index (χ2v) is 4.12. The Morgan fingerprint density at radius 3 is 2.73 bits per heavy atom. The van der Waals surface area contributed by atoms with Gasteiger partial charge in [0.25, 0.3) is 0 Å². The van der Waals surface area contributed by atoms with Gasteiger partial charge in [0, 0.05) is 0 Å². The molecule has 80 valence electrons. The average Bonchev–Trinajstić information content (AvgIpc) is 2.12. The first kappa shape index (κ1) is 10.4. The van der Waals surface area contributed by atoms with E-state index in [1.165, 1.54) is 18.6 Å². The highest BCUT2D eigenvalue weighted by atomic mass is 32.1. The first-order chi connectivity index (χ1) is 7.16. The van der Waals surface area contributed by atoms with Crippen molar-refractivity contribution in [3.63, 3.8) is 0 Å². The fourth-order valence-electron chi connectivity index (χ4n) is 1.47. The Kier molecular flexibility index (Phi) is 2.86. The lowest BCUT2D eigenvalue weighted by Gasteiger charge is -2.27. The van der Waals surface area contributed by atoms with Crippen molar-refractivity contribution < 1.29 is 9.13 Å². The lowest BCUT2D eigenvalue weighted by molar-refractivity contribution is 0.120. The fraction of sp³-hybridized carbons (Fsp3) is 0.364. The number of rotatable bonds is 3. The van der Waals surface area contributed by atoms with Gasteiger partial charge in [-0.05, 0) is 37.5 Å².